The van der Waals surface area contributed by atoms with Crippen molar-refractivity contribution < 1.29 is 18.3 Å². The van der Waals surface area contributed by atoms with Crippen LogP contribution >= 0.6 is 0 Å². The molecule has 1 saturated heterocycles. The minimum atomic E-state index is -0.660. The molecule has 0 aliphatic carbocycles. The summed E-state index contributed by atoms with van der Waals surface area (Å²) in [6.07, 6.45) is 6.16. The van der Waals surface area contributed by atoms with E-state index < -0.39 is 11.6 Å². The molecular weight excluding hydrogens is 450 g/mol. The van der Waals surface area contributed by atoms with Crippen LogP contribution in [-0.2, 0) is 12.8 Å². The van der Waals surface area contributed by atoms with E-state index in [1.165, 1.54) is 18.7 Å². The molecule has 1 fully saturated rings. The molecule has 1 aliphatic rings. The van der Waals surface area contributed by atoms with E-state index >= 15 is 0 Å². The minimum absolute atomic E-state index is 0.0147. The normalized spacial score (nSPS) is 14.7. The van der Waals surface area contributed by atoms with Gasteiger partial charge in [0.05, 0.1) is 14.2 Å². The van der Waals surface area contributed by atoms with Crippen molar-refractivity contribution >= 4 is 11.6 Å². The summed E-state index contributed by atoms with van der Waals surface area (Å²) in [5.74, 6) is 0.643. The van der Waals surface area contributed by atoms with Crippen LogP contribution in [0.25, 0.3) is 0 Å². The zero-order valence-electron chi connectivity index (χ0n) is 20.7. The van der Waals surface area contributed by atoms with Gasteiger partial charge in [0, 0.05) is 29.7 Å². The second-order valence-electron chi connectivity index (χ2n) is 9.08. The van der Waals surface area contributed by atoms with E-state index in [0.717, 1.165) is 42.9 Å². The average molecular weight is 483 g/mol. The number of nitrogens with zero attached hydrogens (tertiary/aromatic N) is 3. The lowest BCUT2D eigenvalue weighted by Gasteiger charge is -2.30. The maximum Gasteiger partial charge on any atom is 0.227 e. The molecule has 3 aromatic rings. The minimum Gasteiger partial charge on any atom is -0.496 e. The number of anilines is 2. The van der Waals surface area contributed by atoms with Crippen LogP contribution in [0.4, 0.5) is 20.4 Å². The molecule has 0 saturated carbocycles. The molecule has 8 heteroatoms. The number of likely N-dealkylation sites (tertiary alicyclic amines) is 1. The predicted molar refractivity (Wildman–Crippen MR) is 133 cm³/mol. The average Bonchev–Trinajstić information content (AvgIpc) is 2.87. The van der Waals surface area contributed by atoms with Crippen molar-refractivity contribution in [2.45, 2.75) is 38.5 Å². The van der Waals surface area contributed by atoms with Gasteiger partial charge in [0.2, 0.25) is 5.95 Å². The molecule has 1 aromatic heterocycles. The molecule has 0 radical (unpaired) electrons. The lowest BCUT2D eigenvalue weighted by molar-refractivity contribution is 0.252. The number of benzene rings is 2. The van der Waals surface area contributed by atoms with Crippen molar-refractivity contribution in [1.29, 1.82) is 0 Å². The standard InChI is InChI=1S/C27H32F2N4O2/c1-17-13-24(35-4)26(29)22(25(17)28)7-5-18-15-30-27(31-16-18)32-20-6-8-21(23(14-20)34-3)19-9-11-33(2)12-10-19/h6,8,13-16,19H,5,7,9-12H2,1-4H3,(H,30,31,32). The summed E-state index contributed by atoms with van der Waals surface area (Å²) in [7, 11) is 5.22. The zero-order chi connectivity index (χ0) is 24.9. The number of hydrogen-bond donors (Lipinski definition) is 1. The molecule has 0 spiro atoms. The number of halogens is 2. The number of nitrogens with one attached hydrogen (secondary N) is 1. The van der Waals surface area contributed by atoms with Crippen LogP contribution in [0, 0.1) is 18.6 Å². The Hall–Kier alpha value is -3.26. The Labute approximate surface area is 205 Å². The van der Waals surface area contributed by atoms with Gasteiger partial charge in [-0.05, 0) is 87.5 Å². The Morgan fingerprint density at radius 1 is 0.971 bits per heavy atom. The smallest absolute Gasteiger partial charge is 0.227 e. The highest BCUT2D eigenvalue weighted by atomic mass is 19.1. The van der Waals surface area contributed by atoms with E-state index in [1.54, 1.807) is 26.4 Å². The molecule has 186 valence electrons. The van der Waals surface area contributed by atoms with E-state index in [2.05, 4.69) is 33.3 Å². The molecule has 2 aromatic carbocycles. The van der Waals surface area contributed by atoms with E-state index in [1.807, 2.05) is 12.1 Å². The van der Waals surface area contributed by atoms with Gasteiger partial charge >= 0.3 is 0 Å². The van der Waals surface area contributed by atoms with Crippen LogP contribution in [0.2, 0.25) is 0 Å². The lowest BCUT2D eigenvalue weighted by atomic mass is 9.89. The van der Waals surface area contributed by atoms with Crippen LogP contribution in [0.5, 0.6) is 11.5 Å². The Balaban J connectivity index is 1.41. The van der Waals surface area contributed by atoms with Gasteiger partial charge in [-0.2, -0.15) is 0 Å². The molecular formula is C27H32F2N4O2. The van der Waals surface area contributed by atoms with Gasteiger partial charge in [0.25, 0.3) is 0 Å². The number of aryl methyl sites for hydroxylation is 2. The van der Waals surface area contributed by atoms with E-state index in [4.69, 9.17) is 9.47 Å². The topological polar surface area (TPSA) is 59.5 Å². The predicted octanol–water partition coefficient (Wildman–Crippen LogP) is 5.42. The first-order chi connectivity index (χ1) is 16.9. The number of rotatable bonds is 8. The Bertz CT molecular complexity index is 1160. The first kappa shape index (κ1) is 24.9. The zero-order valence-corrected chi connectivity index (χ0v) is 20.7. The third-order valence-corrected chi connectivity index (χ3v) is 6.68. The highest BCUT2D eigenvalue weighted by molar-refractivity contribution is 5.58. The lowest BCUT2D eigenvalue weighted by Crippen LogP contribution is -2.29. The molecule has 0 unspecified atom stereocenters. The van der Waals surface area contributed by atoms with E-state index in [9.17, 15) is 8.78 Å². The second-order valence-corrected chi connectivity index (χ2v) is 9.08. The molecule has 6 nitrogen and oxygen atoms in total. The summed E-state index contributed by atoms with van der Waals surface area (Å²) in [5.41, 5.74) is 3.22. The van der Waals surface area contributed by atoms with Gasteiger partial charge in [-0.3, -0.25) is 0 Å². The quantitative estimate of drug-likeness (QED) is 0.463. The monoisotopic (exact) mass is 482 g/mol. The Kier molecular flexibility index (Phi) is 7.80. The van der Waals surface area contributed by atoms with Crippen LogP contribution < -0.4 is 14.8 Å². The summed E-state index contributed by atoms with van der Waals surface area (Å²) in [6, 6.07) is 7.48. The van der Waals surface area contributed by atoms with Crippen molar-refractivity contribution in [3.8, 4) is 11.5 Å². The fourth-order valence-electron chi connectivity index (χ4n) is 4.57. The number of methoxy groups -OCH3 is 2. The van der Waals surface area contributed by atoms with Crippen molar-refractivity contribution in [2.24, 2.45) is 0 Å². The van der Waals surface area contributed by atoms with Gasteiger partial charge in [0.1, 0.15) is 11.6 Å². The summed E-state index contributed by atoms with van der Waals surface area (Å²) in [4.78, 5) is 11.1. The third-order valence-electron chi connectivity index (χ3n) is 6.68. The molecule has 0 amide bonds. The van der Waals surface area contributed by atoms with Gasteiger partial charge in [-0.15, -0.1) is 0 Å². The summed E-state index contributed by atoms with van der Waals surface area (Å²) in [5, 5.41) is 3.21. The summed E-state index contributed by atoms with van der Waals surface area (Å²) in [6.45, 7) is 3.77. The molecule has 0 atom stereocenters. The maximum absolute atomic E-state index is 14.5. The highest BCUT2D eigenvalue weighted by Gasteiger charge is 2.22. The maximum atomic E-state index is 14.5. The Morgan fingerprint density at radius 3 is 2.31 bits per heavy atom. The SMILES string of the molecule is COc1cc(Nc2ncc(CCc3c(F)c(C)cc(OC)c3F)cn2)ccc1C1CCN(C)CC1. The van der Waals surface area contributed by atoms with Crippen LogP contribution in [0.3, 0.4) is 0 Å². The van der Waals surface area contributed by atoms with Crippen molar-refractivity contribution in [1.82, 2.24) is 14.9 Å². The van der Waals surface area contributed by atoms with Gasteiger partial charge < -0.3 is 19.7 Å². The number of piperidine rings is 1. The molecule has 1 aliphatic heterocycles. The number of aromatic nitrogens is 2. The first-order valence-corrected chi connectivity index (χ1v) is 11.9. The summed E-state index contributed by atoms with van der Waals surface area (Å²) < 4.78 is 39.7. The molecule has 35 heavy (non-hydrogen) atoms. The molecule has 1 N–H and O–H groups in total. The van der Waals surface area contributed by atoms with Gasteiger partial charge in [-0.25, -0.2) is 18.7 Å². The second kappa shape index (κ2) is 11.0. The Morgan fingerprint density at radius 2 is 1.66 bits per heavy atom. The van der Waals surface area contributed by atoms with Crippen molar-refractivity contribution in [2.75, 3.05) is 39.7 Å². The van der Waals surface area contributed by atoms with Crippen molar-refractivity contribution in [3.05, 3.63) is 70.5 Å². The van der Waals surface area contributed by atoms with Gasteiger partial charge in [-0.1, -0.05) is 6.07 Å². The highest BCUT2D eigenvalue weighted by Crippen LogP contribution is 2.36. The van der Waals surface area contributed by atoms with Crippen LogP contribution in [0.1, 0.15) is 41.0 Å². The van der Waals surface area contributed by atoms with Crippen LogP contribution in [-0.4, -0.2) is 49.2 Å². The number of hydrogen-bond acceptors (Lipinski definition) is 6. The molecule has 2 heterocycles. The number of ether oxygens (including phenoxy) is 2. The fourth-order valence-corrected chi connectivity index (χ4v) is 4.57. The van der Waals surface area contributed by atoms with Gasteiger partial charge in [0.15, 0.2) is 11.6 Å². The van der Waals surface area contributed by atoms with E-state index in [0.29, 0.717) is 23.9 Å². The first-order valence-electron chi connectivity index (χ1n) is 11.9. The molecule has 4 rings (SSSR count). The van der Waals surface area contributed by atoms with Crippen LogP contribution in [0.15, 0.2) is 36.7 Å². The summed E-state index contributed by atoms with van der Waals surface area (Å²) >= 11 is 0. The third kappa shape index (κ3) is 5.70. The molecule has 0 bridgehead atoms. The van der Waals surface area contributed by atoms with Crippen molar-refractivity contribution in [3.63, 3.8) is 0 Å². The fraction of sp³-hybridized carbons (Fsp3) is 0.407. The largest absolute Gasteiger partial charge is 0.496 e. The van der Waals surface area contributed by atoms with E-state index in [-0.39, 0.29) is 17.7 Å².